The molecular formula is C16H23N3O3S2. The average molecular weight is 370 g/mol. The van der Waals surface area contributed by atoms with Crippen molar-refractivity contribution in [3.63, 3.8) is 0 Å². The number of nitrogen functional groups attached to an aromatic ring is 1. The highest BCUT2D eigenvalue weighted by molar-refractivity contribution is 7.85. The summed E-state index contributed by atoms with van der Waals surface area (Å²) in [5, 5.41) is 4.29. The molecule has 4 N–H and O–H groups in total. The van der Waals surface area contributed by atoms with E-state index in [1.165, 1.54) is 35.5 Å². The molecule has 0 amide bonds. The fourth-order valence-corrected chi connectivity index (χ4v) is 3.97. The minimum absolute atomic E-state index is 0.0741. The second-order valence-electron chi connectivity index (χ2n) is 5.60. The summed E-state index contributed by atoms with van der Waals surface area (Å²) in [6, 6.07) is 8.06. The fraction of sp³-hybridized carbons (Fsp3) is 0.438. The van der Waals surface area contributed by atoms with E-state index in [1.807, 2.05) is 0 Å². The number of nitrogens with zero attached hydrogens (tertiary/aromatic N) is 1. The first-order chi connectivity index (χ1) is 11.4. The number of rotatable bonds is 4. The van der Waals surface area contributed by atoms with E-state index in [0.717, 1.165) is 24.5 Å². The lowest BCUT2D eigenvalue weighted by atomic mass is 9.98. The molecule has 0 fully saturated rings. The molecule has 6 nitrogen and oxygen atoms in total. The van der Waals surface area contributed by atoms with Crippen LogP contribution in [0.5, 0.6) is 0 Å². The molecule has 24 heavy (non-hydrogen) atoms. The number of benzene rings is 1. The van der Waals surface area contributed by atoms with Crippen LogP contribution in [-0.4, -0.2) is 30.5 Å². The van der Waals surface area contributed by atoms with Crippen LogP contribution in [0, 0.1) is 0 Å². The fourth-order valence-electron chi connectivity index (χ4n) is 2.51. The maximum absolute atomic E-state index is 10.4. The first-order valence-electron chi connectivity index (χ1n) is 7.90. The summed E-state index contributed by atoms with van der Waals surface area (Å²) >= 11 is 1.65. The van der Waals surface area contributed by atoms with Crippen molar-refractivity contribution >= 4 is 26.6 Å². The molecule has 1 aromatic carbocycles. The van der Waals surface area contributed by atoms with Crippen LogP contribution in [0.3, 0.4) is 0 Å². The van der Waals surface area contributed by atoms with E-state index in [1.54, 1.807) is 29.5 Å². The van der Waals surface area contributed by atoms with Crippen LogP contribution in [0.15, 0.2) is 35.2 Å². The molecule has 0 radical (unpaired) electrons. The predicted molar refractivity (Wildman–Crippen MR) is 96.9 cm³/mol. The molecule has 0 unspecified atom stereocenters. The molecule has 0 saturated carbocycles. The zero-order valence-corrected chi connectivity index (χ0v) is 15.2. The Morgan fingerprint density at radius 3 is 2.67 bits per heavy atom. The molecule has 3 rings (SSSR count). The van der Waals surface area contributed by atoms with Gasteiger partial charge in [0.1, 0.15) is 0 Å². The SMILES string of the molecule is CCCN[C@H]1CCc2nc(N)sc2C1.O=S(=O)(O)c1ccccc1. The van der Waals surface area contributed by atoms with E-state index in [9.17, 15) is 8.42 Å². The summed E-state index contributed by atoms with van der Waals surface area (Å²) in [5.74, 6) is 0. The van der Waals surface area contributed by atoms with E-state index >= 15 is 0 Å². The molecule has 1 aliphatic carbocycles. The molecule has 0 aliphatic heterocycles. The van der Waals surface area contributed by atoms with Crippen molar-refractivity contribution in [2.45, 2.75) is 43.5 Å². The quantitative estimate of drug-likeness (QED) is 0.715. The standard InChI is InChI=1S/C10H17N3S.C6H6O3S/c1-2-5-12-7-3-4-8-9(6-7)14-10(11)13-8;7-10(8,9)6-4-2-1-3-5-6/h7,12H,2-6H2,1H3,(H2,11,13);1-5H,(H,7,8,9)/t7-;/m0./s1. The van der Waals surface area contributed by atoms with Crippen molar-refractivity contribution in [3.8, 4) is 0 Å². The van der Waals surface area contributed by atoms with Gasteiger partial charge in [-0.2, -0.15) is 8.42 Å². The van der Waals surface area contributed by atoms with Gasteiger partial charge in [0.05, 0.1) is 10.6 Å². The average Bonchev–Trinajstić information content (AvgIpc) is 2.93. The smallest absolute Gasteiger partial charge is 0.294 e. The Labute approximate surface area is 146 Å². The molecule has 1 aromatic heterocycles. The maximum Gasteiger partial charge on any atom is 0.294 e. The second kappa shape index (κ2) is 8.57. The maximum atomic E-state index is 10.4. The number of hydrogen-bond donors (Lipinski definition) is 3. The number of nitrogens with two attached hydrogens (primary N) is 1. The van der Waals surface area contributed by atoms with Crippen molar-refractivity contribution in [2.75, 3.05) is 12.3 Å². The van der Waals surface area contributed by atoms with Gasteiger partial charge in [-0.15, -0.1) is 11.3 Å². The van der Waals surface area contributed by atoms with Crippen LogP contribution in [0.4, 0.5) is 5.13 Å². The van der Waals surface area contributed by atoms with Crippen LogP contribution in [0.25, 0.3) is 0 Å². The Morgan fingerprint density at radius 1 is 1.38 bits per heavy atom. The molecule has 1 atom stereocenters. The van der Waals surface area contributed by atoms with Gasteiger partial charge in [0, 0.05) is 10.9 Å². The highest BCUT2D eigenvalue weighted by atomic mass is 32.2. The third kappa shape index (κ3) is 5.55. The summed E-state index contributed by atoms with van der Waals surface area (Å²) in [6.07, 6.45) is 4.61. The predicted octanol–water partition coefficient (Wildman–Crippen LogP) is 2.52. The third-order valence-electron chi connectivity index (χ3n) is 3.68. The number of hydrogen-bond acceptors (Lipinski definition) is 6. The van der Waals surface area contributed by atoms with Gasteiger partial charge < -0.3 is 11.1 Å². The summed E-state index contributed by atoms with van der Waals surface area (Å²) in [5.41, 5.74) is 6.93. The van der Waals surface area contributed by atoms with Gasteiger partial charge in [-0.05, 0) is 44.4 Å². The molecule has 2 aromatic rings. The first kappa shape index (κ1) is 18.9. The molecule has 1 heterocycles. The van der Waals surface area contributed by atoms with Crippen LogP contribution in [0.1, 0.15) is 30.3 Å². The lowest BCUT2D eigenvalue weighted by molar-refractivity contribution is 0.460. The topological polar surface area (TPSA) is 105 Å². The zero-order chi connectivity index (χ0) is 17.6. The van der Waals surface area contributed by atoms with Crippen LogP contribution >= 0.6 is 11.3 Å². The number of thiazole rings is 1. The minimum Gasteiger partial charge on any atom is -0.375 e. The number of aromatic nitrogens is 1. The number of fused-ring (bicyclic) bond motifs is 1. The Bertz CT molecular complexity index is 745. The molecule has 0 bridgehead atoms. The van der Waals surface area contributed by atoms with Gasteiger partial charge in [-0.3, -0.25) is 4.55 Å². The van der Waals surface area contributed by atoms with Gasteiger partial charge >= 0.3 is 0 Å². The first-order valence-corrected chi connectivity index (χ1v) is 10.2. The van der Waals surface area contributed by atoms with Gasteiger partial charge in [0.2, 0.25) is 0 Å². The van der Waals surface area contributed by atoms with Crippen LogP contribution in [0.2, 0.25) is 0 Å². The van der Waals surface area contributed by atoms with E-state index in [-0.39, 0.29) is 4.90 Å². The van der Waals surface area contributed by atoms with E-state index in [4.69, 9.17) is 10.3 Å². The molecule has 0 saturated heterocycles. The Hall–Kier alpha value is -1.48. The van der Waals surface area contributed by atoms with Crippen molar-refractivity contribution in [1.29, 1.82) is 0 Å². The molecule has 132 valence electrons. The summed E-state index contributed by atoms with van der Waals surface area (Å²) < 4.78 is 29.2. The lowest BCUT2D eigenvalue weighted by Crippen LogP contribution is -2.34. The minimum atomic E-state index is -4.00. The Kier molecular flexibility index (Phi) is 6.73. The lowest BCUT2D eigenvalue weighted by Gasteiger charge is -2.21. The van der Waals surface area contributed by atoms with Crippen LogP contribution in [-0.2, 0) is 23.0 Å². The second-order valence-corrected chi connectivity index (χ2v) is 8.14. The molecule has 1 aliphatic rings. The van der Waals surface area contributed by atoms with E-state index in [0.29, 0.717) is 6.04 Å². The van der Waals surface area contributed by atoms with Crippen molar-refractivity contribution in [1.82, 2.24) is 10.3 Å². The molecular weight excluding hydrogens is 346 g/mol. The van der Waals surface area contributed by atoms with Gasteiger partial charge in [-0.1, -0.05) is 25.1 Å². The normalized spacial score (nSPS) is 16.8. The number of nitrogens with one attached hydrogen (secondary N) is 1. The van der Waals surface area contributed by atoms with Crippen molar-refractivity contribution in [2.24, 2.45) is 0 Å². The highest BCUT2D eigenvalue weighted by Gasteiger charge is 2.21. The van der Waals surface area contributed by atoms with Gasteiger partial charge in [0.25, 0.3) is 10.1 Å². The van der Waals surface area contributed by atoms with E-state index < -0.39 is 10.1 Å². The summed E-state index contributed by atoms with van der Waals surface area (Å²) in [6.45, 7) is 3.32. The zero-order valence-electron chi connectivity index (χ0n) is 13.6. The number of aryl methyl sites for hydroxylation is 1. The van der Waals surface area contributed by atoms with E-state index in [2.05, 4.69) is 17.2 Å². The van der Waals surface area contributed by atoms with Crippen molar-refractivity contribution in [3.05, 3.63) is 40.9 Å². The monoisotopic (exact) mass is 369 g/mol. The van der Waals surface area contributed by atoms with Gasteiger partial charge in [0.15, 0.2) is 5.13 Å². The summed E-state index contributed by atoms with van der Waals surface area (Å²) in [7, 11) is -4.00. The van der Waals surface area contributed by atoms with Crippen LogP contribution < -0.4 is 11.1 Å². The third-order valence-corrected chi connectivity index (χ3v) is 5.50. The Balaban J connectivity index is 0.000000185. The number of anilines is 1. The largest absolute Gasteiger partial charge is 0.375 e. The summed E-state index contributed by atoms with van der Waals surface area (Å²) in [4.78, 5) is 5.65. The molecule has 0 spiro atoms. The highest BCUT2D eigenvalue weighted by Crippen LogP contribution is 2.27. The Morgan fingerprint density at radius 2 is 2.08 bits per heavy atom. The molecule has 8 heteroatoms. The van der Waals surface area contributed by atoms with Gasteiger partial charge in [-0.25, -0.2) is 4.98 Å². The van der Waals surface area contributed by atoms with Crippen molar-refractivity contribution < 1.29 is 13.0 Å².